The van der Waals surface area contributed by atoms with Crippen molar-refractivity contribution in [1.29, 1.82) is 0 Å². The van der Waals surface area contributed by atoms with Gasteiger partial charge in [0.1, 0.15) is 5.60 Å². The van der Waals surface area contributed by atoms with Gasteiger partial charge >= 0.3 is 5.97 Å². The zero-order valence-electron chi connectivity index (χ0n) is 17.4. The van der Waals surface area contributed by atoms with Crippen LogP contribution in [0.5, 0.6) is 11.5 Å². The first-order valence-corrected chi connectivity index (χ1v) is 9.27. The molecule has 150 valence electrons. The minimum Gasteiger partial charge on any atom is -0.459 e. The second kappa shape index (κ2) is 7.79. The zero-order valence-corrected chi connectivity index (χ0v) is 17.4. The largest absolute Gasteiger partial charge is 0.459 e. The Morgan fingerprint density at radius 2 is 1.78 bits per heavy atom. The molecular weight excluding hydrogens is 346 g/mol. The van der Waals surface area contributed by atoms with Gasteiger partial charge in [-0.05, 0) is 65.7 Å². The summed E-state index contributed by atoms with van der Waals surface area (Å²) in [5.74, 6) is 1.12. The van der Waals surface area contributed by atoms with Crippen molar-refractivity contribution < 1.29 is 23.8 Å². The molecule has 0 N–H and O–H groups in total. The fraction of sp³-hybridized carbons (Fsp3) is 0.619. The molecule has 0 saturated carbocycles. The molecule has 1 heterocycles. The number of amides is 1. The van der Waals surface area contributed by atoms with E-state index in [9.17, 15) is 9.59 Å². The molecule has 1 aliphatic heterocycles. The van der Waals surface area contributed by atoms with Crippen LogP contribution in [0.25, 0.3) is 0 Å². The molecule has 2 rings (SSSR count). The van der Waals surface area contributed by atoms with E-state index < -0.39 is 11.0 Å². The van der Waals surface area contributed by atoms with Crippen LogP contribution in [0.3, 0.4) is 0 Å². The molecule has 6 nitrogen and oxygen atoms in total. The van der Waals surface area contributed by atoms with Gasteiger partial charge in [0.2, 0.25) is 12.7 Å². The van der Waals surface area contributed by atoms with Crippen LogP contribution >= 0.6 is 0 Å². The summed E-state index contributed by atoms with van der Waals surface area (Å²) in [7, 11) is 1.78. The Labute approximate surface area is 161 Å². The number of rotatable bonds is 6. The third kappa shape index (κ3) is 5.62. The molecule has 27 heavy (non-hydrogen) atoms. The van der Waals surface area contributed by atoms with E-state index in [2.05, 4.69) is 0 Å². The molecule has 0 aliphatic carbocycles. The summed E-state index contributed by atoms with van der Waals surface area (Å²) in [6, 6.07) is 5.82. The fourth-order valence-corrected chi connectivity index (χ4v) is 2.72. The molecule has 0 bridgehead atoms. The highest BCUT2D eigenvalue weighted by Crippen LogP contribution is 2.33. The van der Waals surface area contributed by atoms with Crippen LogP contribution in [0.15, 0.2) is 18.2 Å². The summed E-state index contributed by atoms with van der Waals surface area (Å²) in [5.41, 5.74) is -0.377. The fourth-order valence-electron chi connectivity index (χ4n) is 2.72. The monoisotopic (exact) mass is 377 g/mol. The van der Waals surface area contributed by atoms with Gasteiger partial charge in [0.25, 0.3) is 0 Å². The van der Waals surface area contributed by atoms with Crippen molar-refractivity contribution in [3.05, 3.63) is 23.8 Å². The Morgan fingerprint density at radius 3 is 2.41 bits per heavy atom. The van der Waals surface area contributed by atoms with E-state index in [-0.39, 0.29) is 31.1 Å². The lowest BCUT2D eigenvalue weighted by Gasteiger charge is -2.32. The van der Waals surface area contributed by atoms with E-state index >= 15 is 0 Å². The van der Waals surface area contributed by atoms with Gasteiger partial charge in [-0.15, -0.1) is 0 Å². The van der Waals surface area contributed by atoms with Crippen LogP contribution in [0.1, 0.15) is 53.5 Å². The number of carbonyl (C=O) groups excluding carboxylic acids is 2. The molecule has 0 fully saturated rings. The molecule has 1 aliphatic rings. The van der Waals surface area contributed by atoms with Crippen molar-refractivity contribution in [1.82, 2.24) is 4.90 Å². The van der Waals surface area contributed by atoms with E-state index in [0.29, 0.717) is 6.42 Å². The first-order valence-electron chi connectivity index (χ1n) is 9.27. The van der Waals surface area contributed by atoms with Crippen molar-refractivity contribution in [2.75, 3.05) is 13.8 Å². The van der Waals surface area contributed by atoms with Gasteiger partial charge in [0.15, 0.2) is 11.5 Å². The summed E-state index contributed by atoms with van der Waals surface area (Å²) in [4.78, 5) is 26.5. The van der Waals surface area contributed by atoms with Crippen molar-refractivity contribution in [2.45, 2.75) is 66.0 Å². The van der Waals surface area contributed by atoms with E-state index in [1.165, 1.54) is 0 Å². The number of benzene rings is 1. The van der Waals surface area contributed by atoms with Gasteiger partial charge in [0, 0.05) is 13.1 Å². The normalized spacial score (nSPS) is 14.6. The number of carbonyl (C=O) groups is 2. The second-order valence-electron chi connectivity index (χ2n) is 8.82. The molecular formula is C21H31NO5. The summed E-state index contributed by atoms with van der Waals surface area (Å²) in [6.07, 6.45) is 0.831. The molecule has 6 heteroatoms. The molecule has 1 unspecified atom stereocenters. The van der Waals surface area contributed by atoms with Crippen LogP contribution in [0.4, 0.5) is 0 Å². The van der Waals surface area contributed by atoms with E-state index in [1.54, 1.807) is 46.6 Å². The van der Waals surface area contributed by atoms with Crippen LogP contribution in [0.2, 0.25) is 0 Å². The van der Waals surface area contributed by atoms with Crippen LogP contribution in [-0.4, -0.2) is 42.3 Å². The Kier molecular flexibility index (Phi) is 6.07. The zero-order chi connectivity index (χ0) is 20.4. The molecule has 1 aromatic carbocycles. The van der Waals surface area contributed by atoms with Gasteiger partial charge in [-0.3, -0.25) is 9.59 Å². The van der Waals surface area contributed by atoms with E-state index in [0.717, 1.165) is 17.1 Å². The smallest absolute Gasteiger partial charge is 0.311 e. The predicted molar refractivity (Wildman–Crippen MR) is 103 cm³/mol. The molecule has 1 atom stereocenters. The Hall–Kier alpha value is -2.24. The standard InChI is InChI=1S/C21H31NO5/c1-14(10-15-8-9-16-17(11-15)26-13-25-16)22(7)18(23)12-21(5,6)27-19(24)20(2,3)4/h8-9,11,14H,10,12-13H2,1-7H3. The number of nitrogens with zero attached hydrogens (tertiary/aromatic N) is 1. The van der Waals surface area contributed by atoms with E-state index in [1.807, 2.05) is 25.1 Å². The van der Waals surface area contributed by atoms with Crippen LogP contribution < -0.4 is 9.47 Å². The maximum atomic E-state index is 12.7. The lowest BCUT2D eigenvalue weighted by Crippen LogP contribution is -2.42. The highest BCUT2D eigenvalue weighted by atomic mass is 16.7. The molecule has 0 saturated heterocycles. The minimum atomic E-state index is -0.853. The van der Waals surface area contributed by atoms with Gasteiger partial charge in [-0.25, -0.2) is 0 Å². The number of hydrogen-bond donors (Lipinski definition) is 0. The SMILES string of the molecule is CC(Cc1ccc2c(c1)OCO2)N(C)C(=O)CC(C)(C)OC(=O)C(C)(C)C. The molecule has 0 spiro atoms. The third-order valence-electron chi connectivity index (χ3n) is 4.58. The van der Waals surface area contributed by atoms with Crippen LogP contribution in [0, 0.1) is 5.41 Å². The second-order valence-corrected chi connectivity index (χ2v) is 8.82. The first-order chi connectivity index (χ1) is 12.4. The van der Waals surface area contributed by atoms with Crippen molar-refractivity contribution >= 4 is 11.9 Å². The molecule has 0 aromatic heterocycles. The van der Waals surface area contributed by atoms with E-state index in [4.69, 9.17) is 14.2 Å². The minimum absolute atomic E-state index is 0.00742. The van der Waals surface area contributed by atoms with Crippen molar-refractivity contribution in [3.63, 3.8) is 0 Å². The summed E-state index contributed by atoms with van der Waals surface area (Å²) < 4.78 is 16.3. The summed E-state index contributed by atoms with van der Waals surface area (Å²) in [5, 5.41) is 0. The molecule has 1 aromatic rings. The summed E-state index contributed by atoms with van der Waals surface area (Å²) in [6.45, 7) is 11.2. The number of ether oxygens (including phenoxy) is 3. The molecule has 0 radical (unpaired) electrons. The molecule has 1 amide bonds. The van der Waals surface area contributed by atoms with Crippen molar-refractivity contribution in [2.24, 2.45) is 5.41 Å². The summed E-state index contributed by atoms with van der Waals surface area (Å²) >= 11 is 0. The van der Waals surface area contributed by atoms with Gasteiger partial charge in [-0.1, -0.05) is 6.07 Å². The number of hydrogen-bond acceptors (Lipinski definition) is 5. The number of likely N-dealkylation sites (N-methyl/N-ethyl adjacent to an activating group) is 1. The number of esters is 1. The predicted octanol–water partition coefficient (Wildman–Crippen LogP) is 3.56. The lowest BCUT2D eigenvalue weighted by molar-refractivity contribution is -0.168. The Balaban J connectivity index is 1.94. The number of fused-ring (bicyclic) bond motifs is 1. The Bertz CT molecular complexity index is 705. The highest BCUT2D eigenvalue weighted by molar-refractivity contribution is 5.79. The maximum Gasteiger partial charge on any atom is 0.311 e. The Morgan fingerprint density at radius 1 is 1.15 bits per heavy atom. The highest BCUT2D eigenvalue weighted by Gasteiger charge is 2.33. The topological polar surface area (TPSA) is 65.1 Å². The van der Waals surface area contributed by atoms with Crippen LogP contribution in [-0.2, 0) is 20.7 Å². The average Bonchev–Trinajstić information content (AvgIpc) is 2.99. The van der Waals surface area contributed by atoms with Gasteiger partial charge < -0.3 is 19.1 Å². The van der Waals surface area contributed by atoms with Crippen molar-refractivity contribution in [3.8, 4) is 11.5 Å². The van der Waals surface area contributed by atoms with Gasteiger partial charge in [0.05, 0.1) is 11.8 Å². The quantitative estimate of drug-likeness (QED) is 0.709. The maximum absolute atomic E-state index is 12.7. The lowest BCUT2D eigenvalue weighted by atomic mass is 9.96. The third-order valence-corrected chi connectivity index (χ3v) is 4.58. The average molecular weight is 377 g/mol. The van der Waals surface area contributed by atoms with Gasteiger partial charge in [-0.2, -0.15) is 0 Å². The first kappa shape index (κ1) is 21.1.